The van der Waals surface area contributed by atoms with Gasteiger partial charge < -0.3 is 5.73 Å². The molecule has 0 amide bonds. The molecule has 1 heterocycles. The van der Waals surface area contributed by atoms with Gasteiger partial charge in [-0.3, -0.25) is 0 Å². The van der Waals surface area contributed by atoms with E-state index in [4.69, 9.17) is 5.73 Å². The molecule has 76 valence electrons. The molecule has 1 aromatic rings. The van der Waals surface area contributed by atoms with Gasteiger partial charge in [0.05, 0.1) is 0 Å². The molecule has 0 aliphatic rings. The van der Waals surface area contributed by atoms with Gasteiger partial charge in [0.25, 0.3) is 0 Å². The molecule has 0 atom stereocenters. The Morgan fingerprint density at radius 1 is 1.29 bits per heavy atom. The highest BCUT2D eigenvalue weighted by Crippen LogP contribution is 2.16. The maximum Gasteiger partial charge on any atom is 0.157 e. The maximum absolute atomic E-state index is 5.78. The number of hydrogen-bond donors (Lipinski definition) is 1. The molecule has 0 unspecified atom stereocenters. The summed E-state index contributed by atoms with van der Waals surface area (Å²) in [5.41, 5.74) is 9.59. The highest BCUT2D eigenvalue weighted by molar-refractivity contribution is 5.62. The molecule has 0 aliphatic heterocycles. The van der Waals surface area contributed by atoms with Crippen LogP contribution in [-0.4, -0.2) is 9.97 Å². The lowest BCUT2D eigenvalue weighted by Crippen LogP contribution is -2.03. The number of allylic oxidation sites excluding steroid dienone is 2. The van der Waals surface area contributed by atoms with Crippen molar-refractivity contribution in [1.82, 2.24) is 9.97 Å². The summed E-state index contributed by atoms with van der Waals surface area (Å²) < 4.78 is 0. The van der Waals surface area contributed by atoms with Crippen molar-refractivity contribution in [3.8, 4) is 0 Å². The average molecular weight is 191 g/mol. The van der Waals surface area contributed by atoms with Gasteiger partial charge in [0.2, 0.25) is 0 Å². The quantitative estimate of drug-likeness (QED) is 0.779. The van der Waals surface area contributed by atoms with Gasteiger partial charge in [0.15, 0.2) is 5.82 Å². The van der Waals surface area contributed by atoms with Gasteiger partial charge in [-0.25, -0.2) is 9.97 Å². The number of aromatic nitrogens is 2. The van der Waals surface area contributed by atoms with Crippen LogP contribution in [-0.2, 0) is 0 Å². The van der Waals surface area contributed by atoms with Crippen LogP contribution in [0.2, 0.25) is 0 Å². The molecule has 0 bridgehead atoms. The summed E-state index contributed by atoms with van der Waals surface area (Å²) in [6.45, 7) is 7.89. The summed E-state index contributed by atoms with van der Waals surface area (Å²) in [4.78, 5) is 8.75. The van der Waals surface area contributed by atoms with E-state index >= 15 is 0 Å². The second kappa shape index (κ2) is 4.22. The molecule has 3 nitrogen and oxygen atoms in total. The fourth-order valence-corrected chi connectivity index (χ4v) is 1.47. The molecular weight excluding hydrogens is 174 g/mol. The van der Waals surface area contributed by atoms with Crippen LogP contribution in [0.4, 0.5) is 0 Å². The predicted molar refractivity (Wildman–Crippen MR) is 58.6 cm³/mol. The molecule has 0 spiro atoms. The summed E-state index contributed by atoms with van der Waals surface area (Å²) in [5.74, 6) is 0.769. The first kappa shape index (κ1) is 10.7. The fraction of sp³-hybridized carbons (Fsp3) is 0.455. The Balaban J connectivity index is 3.25. The Morgan fingerprint density at radius 2 is 1.79 bits per heavy atom. The van der Waals surface area contributed by atoms with Gasteiger partial charge in [-0.15, -0.1) is 0 Å². The van der Waals surface area contributed by atoms with Crippen molar-refractivity contribution in [2.24, 2.45) is 5.73 Å². The van der Waals surface area contributed by atoms with E-state index in [2.05, 4.69) is 16.9 Å². The molecule has 1 aromatic heterocycles. The zero-order chi connectivity index (χ0) is 10.7. The molecular formula is C11H17N3. The molecule has 1 rings (SSSR count). The third kappa shape index (κ3) is 2.31. The van der Waals surface area contributed by atoms with Crippen LogP contribution in [0.5, 0.6) is 0 Å². The smallest absolute Gasteiger partial charge is 0.157 e. The second-order valence-corrected chi connectivity index (χ2v) is 3.49. The molecule has 0 fully saturated rings. The van der Waals surface area contributed by atoms with Crippen LogP contribution >= 0.6 is 0 Å². The van der Waals surface area contributed by atoms with E-state index in [1.807, 2.05) is 26.8 Å². The zero-order valence-electron chi connectivity index (χ0n) is 9.26. The maximum atomic E-state index is 5.78. The lowest BCUT2D eigenvalue weighted by Gasteiger charge is -2.07. The summed E-state index contributed by atoms with van der Waals surface area (Å²) in [6.07, 6.45) is 0.866. The monoisotopic (exact) mass is 191 g/mol. The van der Waals surface area contributed by atoms with Gasteiger partial charge in [0.1, 0.15) is 0 Å². The molecule has 3 heteroatoms. The highest BCUT2D eigenvalue weighted by Gasteiger charge is 2.06. The largest absolute Gasteiger partial charge is 0.402 e. The van der Waals surface area contributed by atoms with Crippen molar-refractivity contribution >= 4 is 5.57 Å². The van der Waals surface area contributed by atoms with Crippen LogP contribution in [0.25, 0.3) is 5.57 Å². The minimum absolute atomic E-state index is 0.769. The van der Waals surface area contributed by atoms with Crippen molar-refractivity contribution in [1.29, 1.82) is 0 Å². The summed E-state index contributed by atoms with van der Waals surface area (Å²) in [7, 11) is 0. The van der Waals surface area contributed by atoms with Crippen molar-refractivity contribution in [3.63, 3.8) is 0 Å². The van der Waals surface area contributed by atoms with Crippen LogP contribution in [0.1, 0.15) is 37.5 Å². The topological polar surface area (TPSA) is 51.8 Å². The van der Waals surface area contributed by atoms with Gasteiger partial charge >= 0.3 is 0 Å². The van der Waals surface area contributed by atoms with Crippen LogP contribution < -0.4 is 5.73 Å². The van der Waals surface area contributed by atoms with Gasteiger partial charge in [-0.2, -0.15) is 0 Å². The van der Waals surface area contributed by atoms with E-state index in [-0.39, 0.29) is 0 Å². The number of aryl methyl sites for hydroxylation is 2. The highest BCUT2D eigenvalue weighted by atomic mass is 14.9. The third-order valence-electron chi connectivity index (χ3n) is 2.08. The van der Waals surface area contributed by atoms with E-state index in [1.54, 1.807) is 0 Å². The van der Waals surface area contributed by atoms with E-state index in [0.717, 1.165) is 34.9 Å². The molecule has 2 N–H and O–H groups in total. The number of rotatable bonds is 2. The Hall–Kier alpha value is -1.38. The molecule has 0 saturated carbocycles. The first-order chi connectivity index (χ1) is 6.54. The Kier molecular flexibility index (Phi) is 3.23. The Bertz CT molecular complexity index is 343. The zero-order valence-corrected chi connectivity index (χ0v) is 9.26. The summed E-state index contributed by atoms with van der Waals surface area (Å²) in [6, 6.07) is 1.96. The minimum Gasteiger partial charge on any atom is -0.402 e. The normalized spacial score (nSPS) is 12.6. The van der Waals surface area contributed by atoms with E-state index < -0.39 is 0 Å². The van der Waals surface area contributed by atoms with E-state index in [1.165, 1.54) is 0 Å². The standard InChI is InChI=1S/C11H17N3/c1-5-10(9(4)12)11-13-7(2)6-8(3)14-11/h6H,5,12H2,1-4H3. The molecule has 0 aliphatic carbocycles. The Morgan fingerprint density at radius 3 is 2.14 bits per heavy atom. The van der Waals surface area contributed by atoms with Crippen LogP contribution in [0.3, 0.4) is 0 Å². The van der Waals surface area contributed by atoms with Gasteiger partial charge in [-0.05, 0) is 33.3 Å². The van der Waals surface area contributed by atoms with Crippen LogP contribution in [0, 0.1) is 13.8 Å². The SMILES string of the molecule is CCC(=C(C)N)c1nc(C)cc(C)n1. The fourth-order valence-electron chi connectivity index (χ4n) is 1.47. The lowest BCUT2D eigenvalue weighted by atomic mass is 10.1. The molecule has 0 radical (unpaired) electrons. The first-order valence-corrected chi connectivity index (χ1v) is 4.82. The average Bonchev–Trinajstić information content (AvgIpc) is 2.02. The second-order valence-electron chi connectivity index (χ2n) is 3.49. The predicted octanol–water partition coefficient (Wildman–Crippen LogP) is 2.19. The van der Waals surface area contributed by atoms with Crippen molar-refractivity contribution < 1.29 is 0 Å². The van der Waals surface area contributed by atoms with Gasteiger partial charge in [-0.1, -0.05) is 6.92 Å². The summed E-state index contributed by atoms with van der Waals surface area (Å²) in [5, 5.41) is 0. The van der Waals surface area contributed by atoms with Gasteiger partial charge in [0, 0.05) is 22.7 Å². The first-order valence-electron chi connectivity index (χ1n) is 4.82. The van der Waals surface area contributed by atoms with Crippen LogP contribution in [0.15, 0.2) is 11.8 Å². The number of hydrogen-bond acceptors (Lipinski definition) is 3. The molecule has 0 aromatic carbocycles. The third-order valence-corrected chi connectivity index (χ3v) is 2.08. The van der Waals surface area contributed by atoms with E-state index in [0.29, 0.717) is 0 Å². The minimum atomic E-state index is 0.769. The Labute approximate surface area is 85.1 Å². The van der Waals surface area contributed by atoms with Crippen molar-refractivity contribution in [2.75, 3.05) is 0 Å². The molecule has 0 saturated heterocycles. The molecule has 14 heavy (non-hydrogen) atoms. The summed E-state index contributed by atoms with van der Waals surface area (Å²) >= 11 is 0. The number of nitrogens with two attached hydrogens (primary N) is 1. The lowest BCUT2D eigenvalue weighted by molar-refractivity contribution is 0.990. The van der Waals surface area contributed by atoms with E-state index in [9.17, 15) is 0 Å². The van der Waals surface area contributed by atoms with Crippen molar-refractivity contribution in [3.05, 3.63) is 29.0 Å². The number of nitrogens with zero attached hydrogens (tertiary/aromatic N) is 2. The van der Waals surface area contributed by atoms with Crippen molar-refractivity contribution in [2.45, 2.75) is 34.1 Å².